The van der Waals surface area contributed by atoms with E-state index in [4.69, 9.17) is 21.1 Å². The molecule has 1 heterocycles. The second-order valence-corrected chi connectivity index (χ2v) is 6.66. The second kappa shape index (κ2) is 8.83. The van der Waals surface area contributed by atoms with E-state index in [9.17, 15) is 4.79 Å². The molecule has 0 saturated carbocycles. The van der Waals surface area contributed by atoms with Crippen LogP contribution in [-0.2, 0) is 4.79 Å². The lowest BCUT2D eigenvalue weighted by Crippen LogP contribution is -2.32. The largest absolute Gasteiger partial charge is 0.490 e. The van der Waals surface area contributed by atoms with Crippen LogP contribution in [0.1, 0.15) is 37.4 Å². The van der Waals surface area contributed by atoms with Gasteiger partial charge in [0.05, 0.1) is 24.3 Å². The molecule has 0 aromatic heterocycles. The van der Waals surface area contributed by atoms with Crippen LogP contribution in [0.4, 0.5) is 0 Å². The zero-order chi connectivity index (χ0) is 19.2. The number of carbonyl (C=O) groups is 1. The maximum absolute atomic E-state index is 12.7. The topological polar surface area (TPSA) is 38.8 Å². The number of amides is 1. The minimum Gasteiger partial charge on any atom is -0.490 e. The average Bonchev–Trinajstić information content (AvgIpc) is 2.92. The lowest BCUT2D eigenvalue weighted by molar-refractivity contribution is -0.126. The lowest BCUT2D eigenvalue weighted by atomic mass is 10.1. The first kappa shape index (κ1) is 19.1. The zero-order valence-electron chi connectivity index (χ0n) is 15.5. The van der Waals surface area contributed by atoms with Gasteiger partial charge in [0.2, 0.25) is 0 Å². The van der Waals surface area contributed by atoms with Crippen LogP contribution < -0.4 is 9.47 Å². The molecule has 0 fully saturated rings. The predicted molar refractivity (Wildman–Crippen MR) is 106 cm³/mol. The van der Waals surface area contributed by atoms with Crippen LogP contribution in [0.5, 0.6) is 11.5 Å². The summed E-state index contributed by atoms with van der Waals surface area (Å²) in [5, 5.41) is 0.539. The maximum Gasteiger partial charge on any atom is 0.299 e. The maximum atomic E-state index is 12.7. The molecule has 140 valence electrons. The van der Waals surface area contributed by atoms with Gasteiger partial charge in [0, 0.05) is 24.4 Å². The van der Waals surface area contributed by atoms with E-state index >= 15 is 0 Å². The molecule has 4 nitrogen and oxygen atoms in total. The summed E-state index contributed by atoms with van der Waals surface area (Å²) in [6.07, 6.45) is 0.858. The Hall–Kier alpha value is -2.64. The Morgan fingerprint density at radius 1 is 1.19 bits per heavy atom. The summed E-state index contributed by atoms with van der Waals surface area (Å²) >= 11 is 6.11. The number of hydrogen-bond acceptors (Lipinski definition) is 3. The fraction of sp³-hybridized carbons (Fsp3) is 0.318. The van der Waals surface area contributed by atoms with Gasteiger partial charge >= 0.3 is 0 Å². The summed E-state index contributed by atoms with van der Waals surface area (Å²) in [6, 6.07) is 12.9. The van der Waals surface area contributed by atoms with Crippen molar-refractivity contribution in [2.75, 3.05) is 19.8 Å². The number of benzene rings is 2. The normalized spacial score (nSPS) is 13.7. The molecule has 0 bridgehead atoms. The van der Waals surface area contributed by atoms with Gasteiger partial charge < -0.3 is 14.4 Å². The van der Waals surface area contributed by atoms with Gasteiger partial charge in [-0.1, -0.05) is 35.7 Å². The summed E-state index contributed by atoms with van der Waals surface area (Å²) < 4.78 is 11.4. The van der Waals surface area contributed by atoms with Crippen molar-refractivity contribution in [3.63, 3.8) is 0 Å². The Morgan fingerprint density at radius 2 is 1.93 bits per heavy atom. The molecule has 3 rings (SSSR count). The van der Waals surface area contributed by atoms with Crippen LogP contribution in [0.25, 0.3) is 0 Å². The molecule has 0 aliphatic carbocycles. The smallest absolute Gasteiger partial charge is 0.299 e. The molecule has 0 saturated heterocycles. The van der Waals surface area contributed by atoms with Gasteiger partial charge in [-0.3, -0.25) is 4.79 Å². The van der Waals surface area contributed by atoms with Crippen molar-refractivity contribution in [2.45, 2.75) is 26.3 Å². The van der Waals surface area contributed by atoms with Gasteiger partial charge in [-0.25, -0.2) is 0 Å². The molecule has 1 atom stereocenters. The van der Waals surface area contributed by atoms with Crippen molar-refractivity contribution < 1.29 is 14.3 Å². The summed E-state index contributed by atoms with van der Waals surface area (Å²) in [7, 11) is 0. The molecule has 0 spiro atoms. The van der Waals surface area contributed by atoms with Crippen LogP contribution in [0, 0.1) is 11.8 Å². The Morgan fingerprint density at radius 3 is 2.67 bits per heavy atom. The molecular formula is C22H22ClNO3. The number of ether oxygens (including phenoxy) is 2. The third kappa shape index (κ3) is 4.56. The highest BCUT2D eigenvalue weighted by molar-refractivity contribution is 6.31. The van der Waals surface area contributed by atoms with Crippen molar-refractivity contribution >= 4 is 17.5 Å². The van der Waals surface area contributed by atoms with Crippen molar-refractivity contribution in [1.82, 2.24) is 4.90 Å². The number of nitrogens with zero attached hydrogens (tertiary/aromatic N) is 1. The van der Waals surface area contributed by atoms with Gasteiger partial charge in [-0.15, -0.1) is 0 Å². The van der Waals surface area contributed by atoms with Gasteiger partial charge in [0.25, 0.3) is 5.91 Å². The number of hydrogen-bond donors (Lipinski definition) is 0. The molecule has 1 aliphatic heterocycles. The number of rotatable bonds is 3. The van der Waals surface area contributed by atoms with E-state index in [2.05, 4.69) is 11.8 Å². The fourth-order valence-electron chi connectivity index (χ4n) is 2.97. The summed E-state index contributed by atoms with van der Waals surface area (Å²) in [5.74, 6) is 6.82. The molecule has 1 aliphatic rings. The number of fused-ring (bicyclic) bond motifs is 1. The van der Waals surface area contributed by atoms with E-state index in [1.807, 2.05) is 44.2 Å². The molecule has 1 amide bonds. The van der Waals surface area contributed by atoms with E-state index in [0.29, 0.717) is 30.3 Å². The molecule has 0 N–H and O–H groups in total. The average molecular weight is 384 g/mol. The van der Waals surface area contributed by atoms with E-state index in [1.54, 1.807) is 17.0 Å². The Labute approximate surface area is 165 Å². The zero-order valence-corrected chi connectivity index (χ0v) is 16.3. The van der Waals surface area contributed by atoms with E-state index in [-0.39, 0.29) is 11.9 Å². The van der Waals surface area contributed by atoms with E-state index in [0.717, 1.165) is 23.5 Å². The number of halogens is 1. The summed E-state index contributed by atoms with van der Waals surface area (Å²) in [5.41, 5.74) is 1.63. The van der Waals surface area contributed by atoms with E-state index in [1.165, 1.54) is 0 Å². The predicted octanol–water partition coefficient (Wildman–Crippen LogP) is 4.46. The first-order chi connectivity index (χ1) is 13.1. The SMILES string of the molecule is CCN(C(=O)C#Cc1ccccc1Cl)C(C)c1ccc2c(c1)OCCCO2. The molecule has 0 radical (unpaired) electrons. The molecule has 5 heteroatoms. The third-order valence-electron chi connectivity index (χ3n) is 4.50. The van der Waals surface area contributed by atoms with Gasteiger partial charge in [0.15, 0.2) is 11.5 Å². The minimum atomic E-state index is -0.239. The highest BCUT2D eigenvalue weighted by atomic mass is 35.5. The number of carbonyl (C=O) groups excluding carboxylic acids is 1. The standard InChI is InChI=1S/C22H22ClNO3/c1-3-24(22(25)12-10-17-7-4-5-8-19(17)23)16(2)18-9-11-20-21(15-18)27-14-6-13-26-20/h4-5,7-9,11,15-16H,3,6,13-14H2,1-2H3. The lowest BCUT2D eigenvalue weighted by Gasteiger charge is -2.27. The summed E-state index contributed by atoms with van der Waals surface area (Å²) in [4.78, 5) is 14.4. The van der Waals surface area contributed by atoms with Crippen molar-refractivity contribution in [2.24, 2.45) is 0 Å². The Bertz CT molecular complexity index is 885. The molecule has 27 heavy (non-hydrogen) atoms. The van der Waals surface area contributed by atoms with Crippen molar-refractivity contribution in [1.29, 1.82) is 0 Å². The Balaban J connectivity index is 1.80. The van der Waals surface area contributed by atoms with Gasteiger partial charge in [0.1, 0.15) is 0 Å². The molecule has 2 aromatic rings. The monoisotopic (exact) mass is 383 g/mol. The highest BCUT2D eigenvalue weighted by Gasteiger charge is 2.21. The fourth-order valence-corrected chi connectivity index (χ4v) is 3.15. The first-order valence-corrected chi connectivity index (χ1v) is 9.44. The van der Waals surface area contributed by atoms with E-state index < -0.39 is 0 Å². The van der Waals surface area contributed by atoms with Crippen LogP contribution in [-0.4, -0.2) is 30.6 Å². The van der Waals surface area contributed by atoms with Crippen LogP contribution in [0.2, 0.25) is 5.02 Å². The molecule has 1 unspecified atom stereocenters. The minimum absolute atomic E-state index is 0.139. The molecule has 2 aromatic carbocycles. The Kier molecular flexibility index (Phi) is 6.26. The van der Waals surface area contributed by atoms with Crippen LogP contribution in [0.3, 0.4) is 0 Å². The molecular weight excluding hydrogens is 362 g/mol. The first-order valence-electron chi connectivity index (χ1n) is 9.07. The highest BCUT2D eigenvalue weighted by Crippen LogP contribution is 2.33. The van der Waals surface area contributed by atoms with Gasteiger partial charge in [-0.2, -0.15) is 0 Å². The summed E-state index contributed by atoms with van der Waals surface area (Å²) in [6.45, 7) is 5.75. The third-order valence-corrected chi connectivity index (χ3v) is 4.83. The van der Waals surface area contributed by atoms with Gasteiger partial charge in [-0.05, 0) is 43.7 Å². The van der Waals surface area contributed by atoms with Crippen molar-refractivity contribution in [3.8, 4) is 23.3 Å². The van der Waals surface area contributed by atoms with Crippen LogP contribution in [0.15, 0.2) is 42.5 Å². The van der Waals surface area contributed by atoms with Crippen LogP contribution >= 0.6 is 11.6 Å². The second-order valence-electron chi connectivity index (χ2n) is 6.25. The quantitative estimate of drug-likeness (QED) is 0.734. The van der Waals surface area contributed by atoms with Crippen molar-refractivity contribution in [3.05, 3.63) is 58.6 Å².